The molecule has 1 N–H and O–H groups in total. The second-order valence-corrected chi connectivity index (χ2v) is 10.0. The average Bonchev–Trinajstić information content (AvgIpc) is 3.01. The van der Waals surface area contributed by atoms with Gasteiger partial charge in [0.25, 0.3) is 11.8 Å². The van der Waals surface area contributed by atoms with Gasteiger partial charge in [0.05, 0.1) is 11.1 Å². The number of carbonyl (C=O) groups excluding carboxylic acids is 3. The van der Waals surface area contributed by atoms with E-state index in [1.807, 2.05) is 0 Å². The number of alkyl halides is 6. The van der Waals surface area contributed by atoms with Crippen molar-refractivity contribution in [3.05, 3.63) is 76.5 Å². The summed E-state index contributed by atoms with van der Waals surface area (Å²) >= 11 is 0. The minimum absolute atomic E-state index is 0.0630. The van der Waals surface area contributed by atoms with E-state index in [-0.39, 0.29) is 24.2 Å². The molecular weight excluding hydrogens is 502 g/mol. The fraction of sp³-hybridized carbons (Fsp3) is 0.346. The van der Waals surface area contributed by atoms with Gasteiger partial charge in [-0.25, -0.2) is 0 Å². The van der Waals surface area contributed by atoms with Crippen LogP contribution in [0.5, 0.6) is 0 Å². The molecule has 0 spiro atoms. The molecule has 5 nitrogen and oxygen atoms in total. The Morgan fingerprint density at radius 2 is 1.57 bits per heavy atom. The lowest BCUT2D eigenvalue weighted by molar-refractivity contribution is -0.186. The largest absolute Gasteiger partial charge is 0.425 e. The van der Waals surface area contributed by atoms with Crippen LogP contribution in [-0.4, -0.2) is 29.3 Å². The first-order chi connectivity index (χ1) is 17.0. The van der Waals surface area contributed by atoms with Crippen molar-refractivity contribution in [2.45, 2.75) is 51.5 Å². The third kappa shape index (κ3) is 4.40. The van der Waals surface area contributed by atoms with Crippen molar-refractivity contribution in [2.24, 2.45) is 5.41 Å². The highest BCUT2D eigenvalue weighted by atomic mass is 19.4. The van der Waals surface area contributed by atoms with Gasteiger partial charge in [-0.05, 0) is 49.1 Å². The molecule has 1 atom stereocenters. The van der Waals surface area contributed by atoms with Gasteiger partial charge >= 0.3 is 12.4 Å². The highest BCUT2D eigenvalue weighted by Crippen LogP contribution is 2.53. The summed E-state index contributed by atoms with van der Waals surface area (Å²) in [4.78, 5) is 40.7. The Kier molecular flexibility index (Phi) is 6.04. The molecule has 37 heavy (non-hydrogen) atoms. The third-order valence-electron chi connectivity index (χ3n) is 6.49. The van der Waals surface area contributed by atoms with Gasteiger partial charge in [-0.3, -0.25) is 19.3 Å². The summed E-state index contributed by atoms with van der Waals surface area (Å²) in [6.45, 7) is 5.07. The zero-order valence-electron chi connectivity index (χ0n) is 20.0. The van der Waals surface area contributed by atoms with E-state index in [1.54, 1.807) is 38.2 Å². The molecule has 0 saturated carbocycles. The molecule has 2 aromatic carbocycles. The molecule has 1 heterocycles. The van der Waals surface area contributed by atoms with E-state index in [0.29, 0.717) is 12.1 Å². The first-order valence-electron chi connectivity index (χ1n) is 11.2. The SMILES string of the molecule is Cc1ccc(N2C(=O)[C@@](NC(=O)c3cccc(C(F)(F)F)c3)(C(F)(F)F)C3=C2CC(C)(C)CC3=O)cc1. The van der Waals surface area contributed by atoms with E-state index in [0.717, 1.165) is 22.6 Å². The number of rotatable bonds is 3. The van der Waals surface area contributed by atoms with Gasteiger partial charge in [0.1, 0.15) is 0 Å². The molecule has 1 aliphatic heterocycles. The Labute approximate surface area is 208 Å². The Bertz CT molecular complexity index is 1330. The van der Waals surface area contributed by atoms with Crippen molar-refractivity contribution in [1.82, 2.24) is 5.32 Å². The molecule has 0 unspecified atom stereocenters. The molecule has 0 aromatic heterocycles. The molecule has 0 saturated heterocycles. The number of nitrogens with one attached hydrogen (secondary N) is 1. The van der Waals surface area contributed by atoms with Gasteiger partial charge in [0, 0.05) is 23.4 Å². The molecule has 4 rings (SSSR count). The van der Waals surface area contributed by atoms with Gasteiger partial charge in [0.2, 0.25) is 5.54 Å². The Balaban J connectivity index is 1.91. The topological polar surface area (TPSA) is 66.5 Å². The summed E-state index contributed by atoms with van der Waals surface area (Å²) in [5, 5.41) is 1.64. The summed E-state index contributed by atoms with van der Waals surface area (Å²) in [6, 6.07) is 8.80. The van der Waals surface area contributed by atoms with Crippen molar-refractivity contribution in [3.63, 3.8) is 0 Å². The average molecular weight is 524 g/mol. The molecular formula is C26H22F6N2O3. The van der Waals surface area contributed by atoms with E-state index in [4.69, 9.17) is 0 Å². The van der Waals surface area contributed by atoms with Gasteiger partial charge in [-0.15, -0.1) is 0 Å². The zero-order chi connectivity index (χ0) is 27.6. The molecule has 2 amide bonds. The first kappa shape index (κ1) is 26.4. The van der Waals surface area contributed by atoms with Crippen LogP contribution in [0.3, 0.4) is 0 Å². The van der Waals surface area contributed by atoms with Crippen molar-refractivity contribution < 1.29 is 40.7 Å². The predicted octanol–water partition coefficient (Wildman–Crippen LogP) is 5.73. The maximum absolute atomic E-state index is 14.9. The van der Waals surface area contributed by atoms with Crippen molar-refractivity contribution in [2.75, 3.05) is 4.90 Å². The lowest BCUT2D eigenvalue weighted by atomic mass is 9.72. The monoisotopic (exact) mass is 524 g/mol. The number of ketones is 1. The number of allylic oxidation sites excluding steroid dienone is 1. The van der Waals surface area contributed by atoms with E-state index < -0.39 is 57.6 Å². The number of amides is 2. The van der Waals surface area contributed by atoms with E-state index >= 15 is 0 Å². The first-order valence-corrected chi connectivity index (χ1v) is 11.2. The number of benzene rings is 2. The third-order valence-corrected chi connectivity index (χ3v) is 6.49. The van der Waals surface area contributed by atoms with Crippen molar-refractivity contribution in [3.8, 4) is 0 Å². The molecule has 0 radical (unpaired) electrons. The quantitative estimate of drug-likeness (QED) is 0.522. The Morgan fingerprint density at radius 1 is 0.946 bits per heavy atom. The Hall–Kier alpha value is -3.63. The van der Waals surface area contributed by atoms with Gasteiger partial charge in [-0.1, -0.05) is 37.6 Å². The van der Waals surface area contributed by atoms with Crippen LogP contribution in [0.1, 0.15) is 48.2 Å². The summed E-state index contributed by atoms with van der Waals surface area (Å²) in [5.74, 6) is -4.18. The number of nitrogens with zero attached hydrogens (tertiary/aromatic N) is 1. The molecule has 2 aliphatic rings. The Morgan fingerprint density at radius 3 is 2.14 bits per heavy atom. The van der Waals surface area contributed by atoms with Crippen LogP contribution in [0.4, 0.5) is 32.0 Å². The summed E-state index contributed by atoms with van der Waals surface area (Å²) in [7, 11) is 0. The number of carbonyl (C=O) groups is 3. The number of aryl methyl sites for hydroxylation is 1. The maximum Gasteiger partial charge on any atom is 0.425 e. The number of anilines is 1. The second kappa shape index (κ2) is 8.46. The minimum atomic E-state index is -5.49. The minimum Gasteiger partial charge on any atom is -0.326 e. The predicted molar refractivity (Wildman–Crippen MR) is 121 cm³/mol. The number of hydrogen-bond acceptors (Lipinski definition) is 3. The highest BCUT2D eigenvalue weighted by molar-refractivity contribution is 6.21. The maximum atomic E-state index is 14.9. The van der Waals surface area contributed by atoms with Crippen LogP contribution >= 0.6 is 0 Å². The van der Waals surface area contributed by atoms with Crippen LogP contribution in [0.2, 0.25) is 0 Å². The van der Waals surface area contributed by atoms with Crippen LogP contribution < -0.4 is 10.2 Å². The van der Waals surface area contributed by atoms with E-state index in [1.165, 1.54) is 12.1 Å². The summed E-state index contributed by atoms with van der Waals surface area (Å²) < 4.78 is 84.1. The van der Waals surface area contributed by atoms with Crippen molar-refractivity contribution in [1.29, 1.82) is 0 Å². The lowest BCUT2D eigenvalue weighted by Gasteiger charge is -2.35. The smallest absolute Gasteiger partial charge is 0.326 e. The van der Waals surface area contributed by atoms with Crippen LogP contribution in [0.15, 0.2) is 59.8 Å². The molecule has 0 bridgehead atoms. The van der Waals surface area contributed by atoms with Crippen molar-refractivity contribution >= 4 is 23.3 Å². The van der Waals surface area contributed by atoms with Crippen LogP contribution in [0, 0.1) is 12.3 Å². The summed E-state index contributed by atoms with van der Waals surface area (Å²) in [5.41, 5.74) is -6.83. The van der Waals surface area contributed by atoms with Gasteiger partial charge in [0.15, 0.2) is 5.78 Å². The standard InChI is InChI=1S/C26H22F6N2O3/c1-14-7-9-17(10-8-14)34-18-12-23(2,3)13-19(35)20(18)24(22(34)37,26(30,31)32)33-21(36)15-5-4-6-16(11-15)25(27,28)29/h4-11H,12-13H2,1-3H3,(H,33,36)/t24-/m1/s1. The lowest BCUT2D eigenvalue weighted by Crippen LogP contribution is -2.66. The molecule has 0 fully saturated rings. The zero-order valence-corrected chi connectivity index (χ0v) is 20.0. The van der Waals surface area contributed by atoms with Gasteiger partial charge in [-0.2, -0.15) is 26.3 Å². The summed E-state index contributed by atoms with van der Waals surface area (Å²) in [6.07, 6.45) is -10.7. The molecule has 11 heteroatoms. The van der Waals surface area contributed by atoms with Gasteiger partial charge < -0.3 is 5.32 Å². The normalized spacial score (nSPS) is 21.8. The number of Topliss-reactive ketones (excluding diaryl/α,β-unsaturated/α-hetero) is 1. The van der Waals surface area contributed by atoms with E-state index in [9.17, 15) is 40.7 Å². The molecule has 1 aliphatic carbocycles. The van der Waals surface area contributed by atoms with Crippen LogP contribution in [0.25, 0.3) is 0 Å². The molecule has 196 valence electrons. The fourth-order valence-electron chi connectivity index (χ4n) is 4.80. The number of halogens is 6. The fourth-order valence-corrected chi connectivity index (χ4v) is 4.80. The van der Waals surface area contributed by atoms with Crippen LogP contribution in [-0.2, 0) is 15.8 Å². The second-order valence-electron chi connectivity index (χ2n) is 10.0. The highest BCUT2D eigenvalue weighted by Gasteiger charge is 2.72. The number of hydrogen-bond donors (Lipinski definition) is 1. The molecule has 2 aromatic rings. The van der Waals surface area contributed by atoms with E-state index in [2.05, 4.69) is 0 Å².